The molecule has 0 fully saturated rings. The molecule has 0 spiro atoms. The fraction of sp³-hybridized carbons (Fsp3) is 0.400. The van der Waals surface area contributed by atoms with E-state index in [-0.39, 0.29) is 0 Å². The van der Waals surface area contributed by atoms with Crippen LogP contribution in [0, 0.1) is 0 Å². The second-order valence-electron chi connectivity index (χ2n) is 5.81. The van der Waals surface area contributed by atoms with Crippen LogP contribution in [0.25, 0.3) is 0 Å². The van der Waals surface area contributed by atoms with Crippen LogP contribution in [0.2, 0.25) is 0 Å². The molecule has 0 N–H and O–H groups in total. The van der Waals surface area contributed by atoms with Crippen molar-refractivity contribution in [1.82, 2.24) is 9.80 Å². The Labute approximate surface area is 135 Å². The number of allylic oxidation sites excluding steroid dienone is 8. The van der Waals surface area contributed by atoms with Gasteiger partial charge >= 0.3 is 0 Å². The van der Waals surface area contributed by atoms with Crippen LogP contribution in [0.1, 0.15) is 26.7 Å². The highest BCUT2D eigenvalue weighted by Crippen LogP contribution is 2.19. The molecule has 0 aromatic rings. The summed E-state index contributed by atoms with van der Waals surface area (Å²) < 4.78 is 0. The molecular formula is C20H28N2. The van der Waals surface area contributed by atoms with Crippen molar-refractivity contribution >= 4 is 0 Å². The lowest BCUT2D eigenvalue weighted by Crippen LogP contribution is -2.34. The summed E-state index contributed by atoms with van der Waals surface area (Å²) in [4.78, 5) is 4.88. The molecule has 118 valence electrons. The van der Waals surface area contributed by atoms with Crippen LogP contribution in [0.4, 0.5) is 0 Å². The Morgan fingerprint density at radius 3 is 1.45 bits per heavy atom. The third kappa shape index (κ3) is 4.27. The summed E-state index contributed by atoms with van der Waals surface area (Å²) in [6.45, 7) is 16.6. The minimum absolute atomic E-state index is 0.968. The average Bonchev–Trinajstić information content (AvgIpc) is 2.54. The first-order valence-corrected chi connectivity index (χ1v) is 8.26. The summed E-state index contributed by atoms with van der Waals surface area (Å²) in [5, 5.41) is 0. The molecule has 0 aliphatic heterocycles. The molecule has 2 rings (SSSR count). The molecule has 2 heteroatoms. The third-order valence-corrected chi connectivity index (χ3v) is 4.26. The fourth-order valence-electron chi connectivity index (χ4n) is 2.80. The van der Waals surface area contributed by atoms with Gasteiger partial charge in [-0.1, -0.05) is 48.6 Å². The Morgan fingerprint density at radius 1 is 0.773 bits per heavy atom. The van der Waals surface area contributed by atoms with Crippen molar-refractivity contribution < 1.29 is 0 Å². The van der Waals surface area contributed by atoms with Crippen molar-refractivity contribution in [3.63, 3.8) is 0 Å². The normalized spacial score (nSPS) is 17.4. The van der Waals surface area contributed by atoms with Gasteiger partial charge in [0.25, 0.3) is 0 Å². The molecule has 2 nitrogen and oxygen atoms in total. The van der Waals surface area contributed by atoms with Crippen molar-refractivity contribution in [2.45, 2.75) is 26.7 Å². The number of rotatable bonds is 7. The van der Waals surface area contributed by atoms with Gasteiger partial charge in [0.2, 0.25) is 0 Å². The minimum atomic E-state index is 0.968. The van der Waals surface area contributed by atoms with E-state index >= 15 is 0 Å². The molecule has 0 heterocycles. The molecule has 0 aromatic carbocycles. The van der Waals surface area contributed by atoms with Gasteiger partial charge in [0.15, 0.2) is 0 Å². The van der Waals surface area contributed by atoms with Gasteiger partial charge in [-0.2, -0.15) is 0 Å². The SMILES string of the molecule is C=C1C=CC(N(CC)CCN(CC)C2=CCC(=C)C=C2)=CC1. The van der Waals surface area contributed by atoms with E-state index in [1.165, 1.54) is 22.5 Å². The lowest BCUT2D eigenvalue weighted by molar-refractivity contribution is 0.290. The van der Waals surface area contributed by atoms with Crippen LogP contribution >= 0.6 is 0 Å². The van der Waals surface area contributed by atoms with Crippen LogP contribution in [-0.2, 0) is 0 Å². The highest BCUT2D eigenvalue weighted by molar-refractivity contribution is 5.34. The van der Waals surface area contributed by atoms with Crippen molar-refractivity contribution in [3.8, 4) is 0 Å². The standard InChI is InChI=1S/C20H28N2/c1-5-21(19-11-7-17(3)8-12-19)15-16-22(6-2)20-13-9-18(4)10-14-20/h7,9,11-14H,3-6,8,10,15-16H2,1-2H3. The van der Waals surface area contributed by atoms with Gasteiger partial charge < -0.3 is 9.80 Å². The average molecular weight is 296 g/mol. The lowest BCUT2D eigenvalue weighted by atomic mass is 10.1. The number of nitrogens with zero attached hydrogens (tertiary/aromatic N) is 2. The zero-order valence-electron chi connectivity index (χ0n) is 14.0. The van der Waals surface area contributed by atoms with Crippen LogP contribution in [0.15, 0.2) is 72.2 Å². The summed E-state index contributed by atoms with van der Waals surface area (Å²) >= 11 is 0. The van der Waals surface area contributed by atoms with Gasteiger partial charge in [-0.05, 0) is 38.8 Å². The molecule has 22 heavy (non-hydrogen) atoms. The molecule has 2 aliphatic carbocycles. The summed E-state index contributed by atoms with van der Waals surface area (Å²) in [7, 11) is 0. The smallest absolute Gasteiger partial charge is 0.0353 e. The number of hydrogen-bond acceptors (Lipinski definition) is 2. The maximum atomic E-state index is 4.01. The van der Waals surface area contributed by atoms with E-state index in [2.05, 4.69) is 73.3 Å². The van der Waals surface area contributed by atoms with E-state index in [0.29, 0.717) is 0 Å². The van der Waals surface area contributed by atoms with E-state index in [9.17, 15) is 0 Å². The monoisotopic (exact) mass is 296 g/mol. The molecule has 0 aromatic heterocycles. The van der Waals surface area contributed by atoms with Crippen molar-refractivity contribution in [3.05, 3.63) is 72.2 Å². The second-order valence-corrected chi connectivity index (χ2v) is 5.81. The van der Waals surface area contributed by atoms with Crippen molar-refractivity contribution in [1.29, 1.82) is 0 Å². The Hall–Kier alpha value is -1.96. The first kappa shape index (κ1) is 16.4. The topological polar surface area (TPSA) is 6.48 Å². The number of likely N-dealkylation sites (N-methyl/N-ethyl adjacent to an activating group) is 2. The first-order valence-electron chi connectivity index (χ1n) is 8.26. The van der Waals surface area contributed by atoms with Gasteiger partial charge in [0.1, 0.15) is 0 Å². The maximum Gasteiger partial charge on any atom is 0.0353 e. The summed E-state index contributed by atoms with van der Waals surface area (Å²) in [5.41, 5.74) is 5.03. The predicted octanol–water partition coefficient (Wildman–Crippen LogP) is 4.43. The quantitative estimate of drug-likeness (QED) is 0.685. The fourth-order valence-corrected chi connectivity index (χ4v) is 2.80. The van der Waals surface area contributed by atoms with Crippen LogP contribution in [0.3, 0.4) is 0 Å². The molecule has 2 aliphatic rings. The van der Waals surface area contributed by atoms with E-state index in [1.54, 1.807) is 0 Å². The summed E-state index contributed by atoms with van der Waals surface area (Å²) in [5.74, 6) is 0. The maximum absolute atomic E-state index is 4.01. The van der Waals surface area contributed by atoms with Crippen LogP contribution < -0.4 is 0 Å². The van der Waals surface area contributed by atoms with E-state index in [1.807, 2.05) is 0 Å². The Balaban J connectivity index is 1.94. The zero-order chi connectivity index (χ0) is 15.9. The summed E-state index contributed by atoms with van der Waals surface area (Å²) in [6, 6.07) is 0. The summed E-state index contributed by atoms with van der Waals surface area (Å²) in [6.07, 6.45) is 15.1. The van der Waals surface area contributed by atoms with Crippen LogP contribution in [-0.4, -0.2) is 36.0 Å². The Morgan fingerprint density at radius 2 is 1.18 bits per heavy atom. The largest absolute Gasteiger partial charge is 0.370 e. The zero-order valence-corrected chi connectivity index (χ0v) is 14.0. The van der Waals surface area contributed by atoms with E-state index in [4.69, 9.17) is 0 Å². The molecule has 0 unspecified atom stereocenters. The number of hydrogen-bond donors (Lipinski definition) is 0. The van der Waals surface area contributed by atoms with E-state index in [0.717, 1.165) is 39.0 Å². The molecule has 0 atom stereocenters. The van der Waals surface area contributed by atoms with Crippen LogP contribution in [0.5, 0.6) is 0 Å². The minimum Gasteiger partial charge on any atom is -0.370 e. The van der Waals surface area contributed by atoms with Gasteiger partial charge in [-0.15, -0.1) is 0 Å². The molecule has 0 radical (unpaired) electrons. The predicted molar refractivity (Wildman–Crippen MR) is 96.5 cm³/mol. The molecule has 0 saturated heterocycles. The van der Waals surface area contributed by atoms with Gasteiger partial charge in [0.05, 0.1) is 0 Å². The van der Waals surface area contributed by atoms with Gasteiger partial charge in [-0.25, -0.2) is 0 Å². The molecule has 0 amide bonds. The van der Waals surface area contributed by atoms with Crippen molar-refractivity contribution in [2.75, 3.05) is 26.2 Å². The van der Waals surface area contributed by atoms with Gasteiger partial charge in [0, 0.05) is 37.6 Å². The van der Waals surface area contributed by atoms with Crippen molar-refractivity contribution in [2.24, 2.45) is 0 Å². The van der Waals surface area contributed by atoms with Gasteiger partial charge in [-0.3, -0.25) is 0 Å². The molecule has 0 bridgehead atoms. The Kier molecular flexibility index (Phi) is 5.88. The van der Waals surface area contributed by atoms with E-state index < -0.39 is 0 Å². The molecule has 0 saturated carbocycles. The second kappa shape index (κ2) is 7.88. The molecular weight excluding hydrogens is 268 g/mol. The first-order chi connectivity index (χ1) is 10.6. The Bertz CT molecular complexity index is 496. The highest BCUT2D eigenvalue weighted by Gasteiger charge is 2.12. The lowest BCUT2D eigenvalue weighted by Gasteiger charge is -2.31. The third-order valence-electron chi connectivity index (χ3n) is 4.26. The highest BCUT2D eigenvalue weighted by atomic mass is 15.2.